The molecule has 0 aliphatic carbocycles. The first-order chi connectivity index (χ1) is 11.9. The normalized spacial score (nSPS) is 19.7. The van der Waals surface area contributed by atoms with Gasteiger partial charge in [0.25, 0.3) is 0 Å². The number of halogens is 2. The lowest BCUT2D eigenvalue weighted by molar-refractivity contribution is 0.414. The molecule has 2 aromatic carbocycles. The molecule has 0 amide bonds. The van der Waals surface area contributed by atoms with Crippen LogP contribution < -0.4 is 21.5 Å². The maximum absolute atomic E-state index is 14.0. The molecule has 7 heteroatoms. The number of benzene rings is 2. The number of nitrogens with two attached hydrogens (primary N) is 2. The molecule has 130 valence electrons. The second-order valence-electron chi connectivity index (χ2n) is 5.84. The molecule has 0 spiro atoms. The zero-order chi connectivity index (χ0) is 18.0. The number of ether oxygens (including phenoxy) is 1. The molecular weight excluding hydrogens is 326 g/mol. The van der Waals surface area contributed by atoms with E-state index in [1.165, 1.54) is 12.1 Å². The number of aliphatic imine (C=N–C) groups is 1. The van der Waals surface area contributed by atoms with E-state index in [-0.39, 0.29) is 17.9 Å². The van der Waals surface area contributed by atoms with Crippen LogP contribution in [0.3, 0.4) is 0 Å². The first kappa shape index (κ1) is 16.9. The topological polar surface area (TPSA) is 85.7 Å². The van der Waals surface area contributed by atoms with Crippen LogP contribution in [0, 0.1) is 11.6 Å². The molecule has 3 rings (SSSR count). The number of hydrogen-bond donors (Lipinski definition) is 3. The van der Waals surface area contributed by atoms with Gasteiger partial charge in [-0.3, -0.25) is 0 Å². The molecule has 1 aliphatic heterocycles. The van der Waals surface area contributed by atoms with Crippen LogP contribution in [0.2, 0.25) is 0 Å². The van der Waals surface area contributed by atoms with Gasteiger partial charge in [0.05, 0.1) is 12.8 Å². The van der Waals surface area contributed by atoms with Crippen molar-refractivity contribution < 1.29 is 13.5 Å². The summed E-state index contributed by atoms with van der Waals surface area (Å²) in [6.45, 7) is 0. The molecule has 2 aromatic rings. The molecule has 1 heterocycles. The highest BCUT2D eigenvalue weighted by molar-refractivity contribution is 5.88. The Kier molecular flexibility index (Phi) is 4.41. The van der Waals surface area contributed by atoms with Gasteiger partial charge in [0.2, 0.25) is 0 Å². The lowest BCUT2D eigenvalue weighted by Gasteiger charge is -2.32. The van der Waals surface area contributed by atoms with E-state index in [1.54, 1.807) is 19.3 Å². The number of nitrogens with zero attached hydrogens (tertiary/aromatic N) is 1. The third kappa shape index (κ3) is 3.77. The molecule has 0 aromatic heterocycles. The van der Waals surface area contributed by atoms with Crippen LogP contribution in [0.5, 0.6) is 5.75 Å². The van der Waals surface area contributed by atoms with Crippen molar-refractivity contribution in [2.24, 2.45) is 16.5 Å². The smallest absolute Gasteiger partial charge is 0.195 e. The summed E-state index contributed by atoms with van der Waals surface area (Å²) in [5.41, 5.74) is 12.6. The van der Waals surface area contributed by atoms with E-state index < -0.39 is 17.3 Å². The van der Waals surface area contributed by atoms with Crippen molar-refractivity contribution in [1.29, 1.82) is 0 Å². The number of hydrogen-bond acceptors (Lipinski definition) is 5. The summed E-state index contributed by atoms with van der Waals surface area (Å²) in [5.74, 6) is -0.523. The van der Waals surface area contributed by atoms with Crippen LogP contribution in [-0.2, 0) is 6.42 Å². The SMILES string of the molecule is COc1cccc(C2=CC(N)(Cc3ccc(F)cc3F)NC(N)=N2)c1. The number of methoxy groups -OCH3 is 1. The summed E-state index contributed by atoms with van der Waals surface area (Å²) in [4.78, 5) is 4.26. The first-order valence-corrected chi connectivity index (χ1v) is 7.61. The number of nitrogens with one attached hydrogen (secondary N) is 1. The van der Waals surface area contributed by atoms with Gasteiger partial charge in [-0.15, -0.1) is 0 Å². The third-order valence-electron chi connectivity index (χ3n) is 3.86. The monoisotopic (exact) mass is 344 g/mol. The van der Waals surface area contributed by atoms with Gasteiger partial charge in [0.1, 0.15) is 23.0 Å². The predicted molar refractivity (Wildman–Crippen MR) is 92.7 cm³/mol. The van der Waals surface area contributed by atoms with Crippen LogP contribution in [0.4, 0.5) is 8.78 Å². The third-order valence-corrected chi connectivity index (χ3v) is 3.86. The zero-order valence-corrected chi connectivity index (χ0v) is 13.6. The highest BCUT2D eigenvalue weighted by Crippen LogP contribution is 2.26. The Balaban J connectivity index is 1.95. The van der Waals surface area contributed by atoms with Gasteiger partial charge in [-0.05, 0) is 29.8 Å². The quantitative estimate of drug-likeness (QED) is 0.793. The van der Waals surface area contributed by atoms with Crippen LogP contribution in [0.1, 0.15) is 11.1 Å². The second-order valence-corrected chi connectivity index (χ2v) is 5.84. The maximum Gasteiger partial charge on any atom is 0.195 e. The predicted octanol–water partition coefficient (Wildman–Crippen LogP) is 2.13. The lowest BCUT2D eigenvalue weighted by Crippen LogP contribution is -2.59. The average Bonchev–Trinajstić information content (AvgIpc) is 2.56. The largest absolute Gasteiger partial charge is 0.497 e. The molecule has 0 fully saturated rings. The molecule has 1 atom stereocenters. The summed E-state index contributed by atoms with van der Waals surface area (Å²) >= 11 is 0. The van der Waals surface area contributed by atoms with Crippen molar-refractivity contribution in [2.45, 2.75) is 12.1 Å². The van der Waals surface area contributed by atoms with Crippen LogP contribution in [-0.4, -0.2) is 18.7 Å². The Morgan fingerprint density at radius 1 is 1.20 bits per heavy atom. The minimum atomic E-state index is -1.16. The van der Waals surface area contributed by atoms with E-state index in [0.29, 0.717) is 11.4 Å². The van der Waals surface area contributed by atoms with E-state index in [9.17, 15) is 8.78 Å². The first-order valence-electron chi connectivity index (χ1n) is 7.61. The zero-order valence-electron chi connectivity index (χ0n) is 13.6. The van der Waals surface area contributed by atoms with Crippen molar-refractivity contribution in [1.82, 2.24) is 5.32 Å². The molecule has 25 heavy (non-hydrogen) atoms. The molecule has 0 saturated heterocycles. The molecular formula is C18H18F2N4O. The molecule has 0 radical (unpaired) electrons. The fourth-order valence-electron chi connectivity index (χ4n) is 2.71. The fraction of sp³-hybridized carbons (Fsp3) is 0.167. The Morgan fingerprint density at radius 3 is 2.72 bits per heavy atom. The van der Waals surface area contributed by atoms with Crippen molar-refractivity contribution in [3.05, 3.63) is 71.3 Å². The summed E-state index contributed by atoms with van der Waals surface area (Å²) in [6.07, 6.45) is 1.74. The summed E-state index contributed by atoms with van der Waals surface area (Å²) in [5, 5.41) is 2.85. The van der Waals surface area contributed by atoms with Gasteiger partial charge in [-0.1, -0.05) is 18.2 Å². The Labute approximate surface area is 144 Å². The van der Waals surface area contributed by atoms with Crippen molar-refractivity contribution in [2.75, 3.05) is 7.11 Å². The molecule has 5 N–H and O–H groups in total. The highest BCUT2D eigenvalue weighted by atomic mass is 19.1. The van der Waals surface area contributed by atoms with Crippen LogP contribution >= 0.6 is 0 Å². The van der Waals surface area contributed by atoms with Gasteiger partial charge in [-0.2, -0.15) is 0 Å². The highest BCUT2D eigenvalue weighted by Gasteiger charge is 2.29. The van der Waals surface area contributed by atoms with Crippen LogP contribution in [0.15, 0.2) is 53.5 Å². The van der Waals surface area contributed by atoms with Gasteiger partial charge in [0, 0.05) is 18.1 Å². The molecule has 1 unspecified atom stereocenters. The Bertz CT molecular complexity index is 866. The second kappa shape index (κ2) is 6.52. The van der Waals surface area contributed by atoms with Gasteiger partial charge < -0.3 is 21.5 Å². The summed E-state index contributed by atoms with van der Waals surface area (Å²) in [6, 6.07) is 10.6. The van der Waals surface area contributed by atoms with Gasteiger partial charge in [0.15, 0.2) is 5.96 Å². The number of rotatable bonds is 4. The van der Waals surface area contributed by atoms with Crippen LogP contribution in [0.25, 0.3) is 5.70 Å². The van der Waals surface area contributed by atoms with E-state index >= 15 is 0 Å². The average molecular weight is 344 g/mol. The van der Waals surface area contributed by atoms with E-state index in [1.807, 2.05) is 18.2 Å². The molecule has 5 nitrogen and oxygen atoms in total. The molecule has 0 bridgehead atoms. The summed E-state index contributed by atoms with van der Waals surface area (Å²) in [7, 11) is 1.57. The van der Waals surface area contributed by atoms with Crippen molar-refractivity contribution in [3.8, 4) is 5.75 Å². The Hall–Kier alpha value is -2.93. The van der Waals surface area contributed by atoms with Crippen molar-refractivity contribution in [3.63, 3.8) is 0 Å². The maximum atomic E-state index is 14.0. The lowest BCUT2D eigenvalue weighted by atomic mass is 9.96. The fourth-order valence-corrected chi connectivity index (χ4v) is 2.71. The molecule has 0 saturated carbocycles. The standard InChI is InChI=1S/C18H18F2N4O/c1-25-14-4-2-3-11(7-14)16-10-18(22,24-17(21)23-16)9-12-5-6-13(19)8-15(12)20/h2-8,10H,9,22H2,1H3,(H3,21,23,24). The minimum absolute atomic E-state index is 0.0722. The van der Waals surface area contributed by atoms with E-state index in [2.05, 4.69) is 10.3 Å². The molecule has 1 aliphatic rings. The summed E-state index contributed by atoms with van der Waals surface area (Å²) < 4.78 is 32.3. The van der Waals surface area contributed by atoms with Gasteiger partial charge in [-0.25, -0.2) is 13.8 Å². The number of guanidine groups is 1. The minimum Gasteiger partial charge on any atom is -0.497 e. The Morgan fingerprint density at radius 2 is 2.00 bits per heavy atom. The van der Waals surface area contributed by atoms with Gasteiger partial charge >= 0.3 is 0 Å². The van der Waals surface area contributed by atoms with Crippen molar-refractivity contribution >= 4 is 11.7 Å². The van der Waals surface area contributed by atoms with E-state index in [4.69, 9.17) is 16.2 Å². The van der Waals surface area contributed by atoms with E-state index in [0.717, 1.165) is 11.6 Å².